The fourth-order valence-corrected chi connectivity index (χ4v) is 2.56. The van der Waals surface area contributed by atoms with Crippen molar-refractivity contribution >= 4 is 40.8 Å². The zero-order valence-corrected chi connectivity index (χ0v) is 13.0. The fraction of sp³-hybridized carbons (Fsp3) is 0.0667. The molecule has 0 unspecified atom stereocenters. The van der Waals surface area contributed by atoms with Crippen LogP contribution in [-0.4, -0.2) is 7.11 Å². The van der Waals surface area contributed by atoms with Crippen LogP contribution in [0.2, 0.25) is 0 Å². The van der Waals surface area contributed by atoms with Crippen LogP contribution in [0.5, 0.6) is 5.75 Å². The van der Waals surface area contributed by atoms with Crippen molar-refractivity contribution in [1.82, 2.24) is 0 Å². The van der Waals surface area contributed by atoms with Crippen LogP contribution < -0.4 is 4.74 Å². The second kappa shape index (κ2) is 6.21. The lowest BCUT2D eigenvalue weighted by Crippen LogP contribution is -1.84. The van der Waals surface area contributed by atoms with Gasteiger partial charge in [-0.1, -0.05) is 42.5 Å². The summed E-state index contributed by atoms with van der Waals surface area (Å²) in [5.74, 6) is 0.856. The minimum Gasteiger partial charge on any atom is -0.497 e. The molecule has 3 heteroatoms. The highest BCUT2D eigenvalue weighted by molar-refractivity contribution is 9.18. The van der Waals surface area contributed by atoms with E-state index in [0.29, 0.717) is 0 Å². The summed E-state index contributed by atoms with van der Waals surface area (Å²) in [6.45, 7) is 0. The van der Waals surface area contributed by atoms with Crippen LogP contribution in [0.15, 0.2) is 54.6 Å². The van der Waals surface area contributed by atoms with E-state index in [1.54, 1.807) is 7.11 Å². The maximum absolute atomic E-state index is 5.15. The van der Waals surface area contributed by atoms with Crippen molar-refractivity contribution in [3.8, 4) is 5.75 Å². The Hall–Kier alpha value is -1.06. The number of hydrogen-bond acceptors (Lipinski definition) is 1. The van der Waals surface area contributed by atoms with Crippen molar-refractivity contribution in [2.24, 2.45) is 0 Å². The first-order valence-corrected chi connectivity index (χ1v) is 7.06. The first kappa shape index (κ1) is 13.4. The number of methoxy groups -OCH3 is 1. The lowest BCUT2D eigenvalue weighted by molar-refractivity contribution is 0.415. The second-order valence-electron chi connectivity index (χ2n) is 3.72. The normalized spacial score (nSPS) is 11.9. The SMILES string of the molecule is COc1ccc(C(Br)=C(Br)c2ccccc2)cc1. The van der Waals surface area contributed by atoms with Crippen LogP contribution in [0.25, 0.3) is 8.96 Å². The topological polar surface area (TPSA) is 9.23 Å². The van der Waals surface area contributed by atoms with Crippen LogP contribution >= 0.6 is 31.9 Å². The minimum absolute atomic E-state index is 0.856. The summed E-state index contributed by atoms with van der Waals surface area (Å²) < 4.78 is 7.21. The summed E-state index contributed by atoms with van der Waals surface area (Å²) in [5.41, 5.74) is 2.24. The molecule has 2 aromatic carbocycles. The van der Waals surface area contributed by atoms with Gasteiger partial charge in [0.25, 0.3) is 0 Å². The van der Waals surface area contributed by atoms with Gasteiger partial charge in [-0.05, 0) is 55.1 Å². The quantitative estimate of drug-likeness (QED) is 0.668. The van der Waals surface area contributed by atoms with Gasteiger partial charge in [-0.15, -0.1) is 0 Å². The van der Waals surface area contributed by atoms with E-state index < -0.39 is 0 Å². The molecule has 0 aliphatic heterocycles. The number of ether oxygens (including phenoxy) is 1. The van der Waals surface area contributed by atoms with Gasteiger partial charge in [0.2, 0.25) is 0 Å². The van der Waals surface area contributed by atoms with Gasteiger partial charge in [0.1, 0.15) is 5.75 Å². The van der Waals surface area contributed by atoms with E-state index in [1.807, 2.05) is 42.5 Å². The maximum Gasteiger partial charge on any atom is 0.118 e. The van der Waals surface area contributed by atoms with Crippen molar-refractivity contribution in [3.05, 3.63) is 65.7 Å². The molecule has 0 atom stereocenters. The first-order valence-electron chi connectivity index (χ1n) is 5.47. The lowest BCUT2D eigenvalue weighted by Gasteiger charge is -2.06. The van der Waals surface area contributed by atoms with Crippen molar-refractivity contribution in [1.29, 1.82) is 0 Å². The van der Waals surface area contributed by atoms with Crippen LogP contribution in [0.1, 0.15) is 11.1 Å². The molecule has 92 valence electrons. The highest BCUT2D eigenvalue weighted by Crippen LogP contribution is 2.35. The van der Waals surface area contributed by atoms with E-state index in [0.717, 1.165) is 25.8 Å². The third-order valence-electron chi connectivity index (χ3n) is 2.56. The van der Waals surface area contributed by atoms with E-state index in [9.17, 15) is 0 Å². The molecule has 0 N–H and O–H groups in total. The van der Waals surface area contributed by atoms with Gasteiger partial charge in [0, 0.05) is 8.96 Å². The smallest absolute Gasteiger partial charge is 0.118 e. The van der Waals surface area contributed by atoms with E-state index in [2.05, 4.69) is 44.0 Å². The summed E-state index contributed by atoms with van der Waals surface area (Å²) in [6, 6.07) is 18.1. The third-order valence-corrected chi connectivity index (χ3v) is 4.80. The Morgan fingerprint density at radius 3 is 1.78 bits per heavy atom. The van der Waals surface area contributed by atoms with Crippen LogP contribution in [0.4, 0.5) is 0 Å². The molecule has 0 fully saturated rings. The molecule has 0 heterocycles. The summed E-state index contributed by atoms with van der Waals surface area (Å²) in [6.07, 6.45) is 0. The van der Waals surface area contributed by atoms with E-state index >= 15 is 0 Å². The Morgan fingerprint density at radius 2 is 1.28 bits per heavy atom. The Kier molecular flexibility index (Phi) is 4.61. The van der Waals surface area contributed by atoms with Gasteiger partial charge in [0.05, 0.1) is 7.11 Å². The molecule has 2 aromatic rings. The third kappa shape index (κ3) is 3.03. The Morgan fingerprint density at radius 1 is 0.778 bits per heavy atom. The molecule has 0 spiro atoms. The lowest BCUT2D eigenvalue weighted by atomic mass is 10.1. The van der Waals surface area contributed by atoms with Gasteiger partial charge in [-0.3, -0.25) is 0 Å². The van der Waals surface area contributed by atoms with E-state index in [4.69, 9.17) is 4.74 Å². The average molecular weight is 368 g/mol. The molecule has 0 aromatic heterocycles. The van der Waals surface area contributed by atoms with Gasteiger partial charge < -0.3 is 4.74 Å². The molecule has 0 saturated carbocycles. The van der Waals surface area contributed by atoms with Gasteiger partial charge in [-0.25, -0.2) is 0 Å². The molecule has 1 nitrogen and oxygen atoms in total. The van der Waals surface area contributed by atoms with Crippen molar-refractivity contribution in [2.45, 2.75) is 0 Å². The molecule has 0 amide bonds. The highest BCUT2D eigenvalue weighted by atomic mass is 79.9. The number of hydrogen-bond donors (Lipinski definition) is 0. The molecule has 0 bridgehead atoms. The van der Waals surface area contributed by atoms with Crippen LogP contribution in [-0.2, 0) is 0 Å². The first-order chi connectivity index (χ1) is 8.72. The Balaban J connectivity index is 2.37. The molecule has 0 aliphatic rings. The van der Waals surface area contributed by atoms with Gasteiger partial charge in [-0.2, -0.15) is 0 Å². The Labute approximate surface area is 124 Å². The zero-order valence-electron chi connectivity index (χ0n) is 9.86. The number of benzene rings is 2. The molecule has 0 saturated heterocycles. The van der Waals surface area contributed by atoms with E-state index in [-0.39, 0.29) is 0 Å². The predicted octanol–water partition coefficient (Wildman–Crippen LogP) is 5.31. The van der Waals surface area contributed by atoms with Gasteiger partial charge in [0.15, 0.2) is 0 Å². The monoisotopic (exact) mass is 366 g/mol. The summed E-state index contributed by atoms with van der Waals surface area (Å²) in [7, 11) is 1.67. The number of rotatable bonds is 3. The van der Waals surface area contributed by atoms with Crippen LogP contribution in [0, 0.1) is 0 Å². The largest absolute Gasteiger partial charge is 0.497 e. The standard InChI is InChI=1S/C15H12Br2O/c1-18-13-9-7-12(8-10-13)15(17)14(16)11-5-3-2-4-6-11/h2-10H,1H3. The molecule has 0 radical (unpaired) electrons. The summed E-state index contributed by atoms with van der Waals surface area (Å²) in [5, 5.41) is 0. The van der Waals surface area contributed by atoms with Crippen LogP contribution in [0.3, 0.4) is 0 Å². The van der Waals surface area contributed by atoms with Crippen molar-refractivity contribution in [2.75, 3.05) is 7.11 Å². The zero-order chi connectivity index (χ0) is 13.0. The molecular formula is C15H12Br2O. The number of halogens is 2. The summed E-state index contributed by atoms with van der Waals surface area (Å²) >= 11 is 7.25. The second-order valence-corrected chi connectivity index (χ2v) is 5.31. The fourth-order valence-electron chi connectivity index (χ4n) is 1.58. The molecular weight excluding hydrogens is 356 g/mol. The maximum atomic E-state index is 5.15. The summed E-state index contributed by atoms with van der Waals surface area (Å²) in [4.78, 5) is 0. The molecule has 2 rings (SSSR count). The van der Waals surface area contributed by atoms with Crippen molar-refractivity contribution < 1.29 is 4.74 Å². The van der Waals surface area contributed by atoms with Crippen molar-refractivity contribution in [3.63, 3.8) is 0 Å². The molecule has 0 aliphatic carbocycles. The minimum atomic E-state index is 0.856. The Bertz CT molecular complexity index is 544. The predicted molar refractivity (Wildman–Crippen MR) is 84.1 cm³/mol. The average Bonchev–Trinajstić information content (AvgIpc) is 2.47. The highest BCUT2D eigenvalue weighted by Gasteiger charge is 2.06. The molecule has 18 heavy (non-hydrogen) atoms. The van der Waals surface area contributed by atoms with Gasteiger partial charge >= 0.3 is 0 Å². The van der Waals surface area contributed by atoms with E-state index in [1.165, 1.54) is 0 Å².